The maximum atomic E-state index is 12.5. The molecule has 2 rings (SSSR count). The molecule has 6 nitrogen and oxygen atoms in total. The van der Waals surface area contributed by atoms with E-state index in [4.69, 9.17) is 4.74 Å². The Morgan fingerprint density at radius 2 is 1.80 bits per heavy atom. The average Bonchev–Trinajstić information content (AvgIpc) is 2.63. The minimum atomic E-state index is 0.128. The van der Waals surface area contributed by atoms with Crippen LogP contribution in [0.5, 0.6) is 5.75 Å². The molecule has 1 saturated heterocycles. The molecule has 0 saturated carbocycles. The highest BCUT2D eigenvalue weighted by atomic mass is 16.5. The molecular weight excluding hydrogens is 318 g/mol. The predicted octanol–water partition coefficient (Wildman–Crippen LogP) is 1.25. The summed E-state index contributed by atoms with van der Waals surface area (Å²) in [7, 11) is 1.62. The minimum absolute atomic E-state index is 0.128. The number of carbonyl (C=O) groups excluding carboxylic acids is 2. The molecule has 1 heterocycles. The molecule has 0 radical (unpaired) electrons. The molecule has 2 amide bonds. The third kappa shape index (κ3) is 5.46. The van der Waals surface area contributed by atoms with Gasteiger partial charge >= 0.3 is 0 Å². The number of hydrogen-bond acceptors (Lipinski definition) is 4. The van der Waals surface area contributed by atoms with E-state index in [0.717, 1.165) is 37.5 Å². The third-order valence-electron chi connectivity index (χ3n) is 4.69. The molecule has 1 aliphatic rings. The number of likely N-dealkylation sites (N-methyl/N-ethyl adjacent to an activating group) is 1. The van der Waals surface area contributed by atoms with Crippen LogP contribution in [0.4, 0.5) is 0 Å². The van der Waals surface area contributed by atoms with Crippen molar-refractivity contribution in [3.63, 3.8) is 0 Å². The van der Waals surface area contributed by atoms with Crippen molar-refractivity contribution in [2.45, 2.75) is 20.3 Å². The Bertz CT molecular complexity index is 579. The van der Waals surface area contributed by atoms with Gasteiger partial charge in [0.2, 0.25) is 11.8 Å². The van der Waals surface area contributed by atoms with E-state index in [9.17, 15) is 9.59 Å². The second-order valence-electron chi connectivity index (χ2n) is 6.25. The smallest absolute Gasteiger partial charge is 0.236 e. The van der Waals surface area contributed by atoms with Crippen LogP contribution in [-0.2, 0) is 16.0 Å². The zero-order valence-electron chi connectivity index (χ0n) is 15.5. The van der Waals surface area contributed by atoms with Gasteiger partial charge in [0.05, 0.1) is 20.1 Å². The monoisotopic (exact) mass is 347 g/mol. The molecule has 0 unspecified atom stereocenters. The molecule has 0 spiro atoms. The summed E-state index contributed by atoms with van der Waals surface area (Å²) < 4.78 is 5.20. The van der Waals surface area contributed by atoms with Crippen LogP contribution < -0.4 is 4.74 Å². The number of rotatable bonds is 7. The number of methoxy groups -OCH3 is 1. The molecular formula is C19H29N3O3. The van der Waals surface area contributed by atoms with E-state index >= 15 is 0 Å². The molecule has 0 aliphatic carbocycles. The van der Waals surface area contributed by atoms with Crippen molar-refractivity contribution in [3.8, 4) is 5.75 Å². The molecule has 25 heavy (non-hydrogen) atoms. The maximum absolute atomic E-state index is 12.5. The normalized spacial score (nSPS) is 15.1. The first-order chi connectivity index (χ1) is 12.1. The van der Waals surface area contributed by atoms with Gasteiger partial charge in [0.25, 0.3) is 0 Å². The molecule has 6 heteroatoms. The lowest BCUT2D eigenvalue weighted by molar-refractivity contribution is -0.134. The topological polar surface area (TPSA) is 53.1 Å². The first kappa shape index (κ1) is 19.2. The number of amides is 2. The van der Waals surface area contributed by atoms with Gasteiger partial charge in [0.1, 0.15) is 5.75 Å². The number of hydrogen-bond donors (Lipinski definition) is 0. The molecule has 0 N–H and O–H groups in total. The van der Waals surface area contributed by atoms with Gasteiger partial charge in [-0.05, 0) is 31.5 Å². The van der Waals surface area contributed by atoms with E-state index in [1.54, 1.807) is 7.11 Å². The molecule has 1 aliphatic heterocycles. The van der Waals surface area contributed by atoms with Crippen molar-refractivity contribution in [2.75, 3.05) is 52.9 Å². The third-order valence-corrected chi connectivity index (χ3v) is 4.69. The maximum Gasteiger partial charge on any atom is 0.236 e. The number of benzene rings is 1. The van der Waals surface area contributed by atoms with Gasteiger partial charge in [-0.15, -0.1) is 0 Å². The fourth-order valence-electron chi connectivity index (χ4n) is 3.09. The van der Waals surface area contributed by atoms with Crippen LogP contribution >= 0.6 is 0 Å². The summed E-state index contributed by atoms with van der Waals surface area (Å²) in [6.45, 7) is 8.77. The van der Waals surface area contributed by atoms with E-state index in [2.05, 4.69) is 4.90 Å². The van der Waals surface area contributed by atoms with Crippen molar-refractivity contribution >= 4 is 11.8 Å². The van der Waals surface area contributed by atoms with Crippen LogP contribution in [0.3, 0.4) is 0 Å². The van der Waals surface area contributed by atoms with Crippen molar-refractivity contribution in [1.29, 1.82) is 0 Å². The quantitative estimate of drug-likeness (QED) is 0.745. The summed E-state index contributed by atoms with van der Waals surface area (Å²) in [5, 5.41) is 0. The Labute approximate surface area is 150 Å². The Balaban J connectivity index is 1.81. The van der Waals surface area contributed by atoms with Crippen molar-refractivity contribution < 1.29 is 14.3 Å². The van der Waals surface area contributed by atoms with Gasteiger partial charge in [0, 0.05) is 39.3 Å². The van der Waals surface area contributed by atoms with E-state index in [1.165, 1.54) is 0 Å². The van der Waals surface area contributed by atoms with Gasteiger partial charge in [-0.2, -0.15) is 0 Å². The van der Waals surface area contributed by atoms with Crippen molar-refractivity contribution in [2.24, 2.45) is 0 Å². The number of ether oxygens (including phenoxy) is 1. The molecule has 0 bridgehead atoms. The first-order valence-electron chi connectivity index (χ1n) is 8.98. The summed E-state index contributed by atoms with van der Waals surface area (Å²) in [4.78, 5) is 30.5. The van der Waals surface area contributed by atoms with Crippen molar-refractivity contribution in [1.82, 2.24) is 14.7 Å². The summed E-state index contributed by atoms with van der Waals surface area (Å²) in [5.74, 6) is 1.06. The van der Waals surface area contributed by atoms with Crippen LogP contribution in [0.1, 0.15) is 19.4 Å². The molecule has 1 aromatic carbocycles. The van der Waals surface area contributed by atoms with Gasteiger partial charge in [-0.1, -0.05) is 12.1 Å². The summed E-state index contributed by atoms with van der Waals surface area (Å²) in [5.41, 5.74) is 0.962. The van der Waals surface area contributed by atoms with Gasteiger partial charge in [0.15, 0.2) is 0 Å². The summed E-state index contributed by atoms with van der Waals surface area (Å²) in [6, 6.07) is 7.62. The molecule has 138 valence electrons. The van der Waals surface area contributed by atoms with Crippen LogP contribution in [-0.4, -0.2) is 79.4 Å². The second-order valence-corrected chi connectivity index (χ2v) is 6.25. The molecule has 1 aromatic rings. The standard InChI is InChI=1S/C19H29N3O3/c1-4-21(5-2)19(24)15-20-9-11-22(12-10-20)18(23)14-16-7-6-8-17(13-16)25-3/h6-8,13H,4-5,9-12,14-15H2,1-3H3. The van der Waals surface area contributed by atoms with Crippen LogP contribution in [0, 0.1) is 0 Å². The van der Waals surface area contributed by atoms with Crippen LogP contribution in [0.15, 0.2) is 24.3 Å². The highest BCUT2D eigenvalue weighted by Gasteiger charge is 2.23. The van der Waals surface area contributed by atoms with E-state index in [1.807, 2.05) is 47.9 Å². The molecule has 0 aromatic heterocycles. The SMILES string of the molecule is CCN(CC)C(=O)CN1CCN(C(=O)Cc2cccc(OC)c2)CC1. The highest BCUT2D eigenvalue weighted by Crippen LogP contribution is 2.14. The Kier molecular flexibility index (Phi) is 7.25. The Hall–Kier alpha value is -2.08. The van der Waals surface area contributed by atoms with Gasteiger partial charge < -0.3 is 14.5 Å². The molecule has 0 atom stereocenters. The summed E-state index contributed by atoms with van der Waals surface area (Å²) in [6.07, 6.45) is 0.385. The largest absolute Gasteiger partial charge is 0.497 e. The van der Waals surface area contributed by atoms with Gasteiger partial charge in [-0.25, -0.2) is 0 Å². The number of nitrogens with zero attached hydrogens (tertiary/aromatic N) is 3. The zero-order chi connectivity index (χ0) is 18.2. The Morgan fingerprint density at radius 1 is 1.12 bits per heavy atom. The van der Waals surface area contributed by atoms with Crippen molar-refractivity contribution in [3.05, 3.63) is 29.8 Å². The lowest BCUT2D eigenvalue weighted by Gasteiger charge is -2.35. The lowest BCUT2D eigenvalue weighted by Crippen LogP contribution is -2.51. The fraction of sp³-hybridized carbons (Fsp3) is 0.579. The van der Waals surface area contributed by atoms with Crippen LogP contribution in [0.25, 0.3) is 0 Å². The fourth-order valence-corrected chi connectivity index (χ4v) is 3.09. The number of carbonyl (C=O) groups is 2. The first-order valence-corrected chi connectivity index (χ1v) is 8.98. The average molecular weight is 347 g/mol. The lowest BCUT2D eigenvalue weighted by atomic mass is 10.1. The predicted molar refractivity (Wildman–Crippen MR) is 97.6 cm³/mol. The van der Waals surface area contributed by atoms with E-state index in [-0.39, 0.29) is 11.8 Å². The second kappa shape index (κ2) is 9.42. The van der Waals surface area contributed by atoms with Crippen LogP contribution in [0.2, 0.25) is 0 Å². The Morgan fingerprint density at radius 3 is 2.40 bits per heavy atom. The molecule has 1 fully saturated rings. The minimum Gasteiger partial charge on any atom is -0.497 e. The highest BCUT2D eigenvalue weighted by molar-refractivity contribution is 5.79. The zero-order valence-corrected chi connectivity index (χ0v) is 15.5. The number of piperazine rings is 1. The summed E-state index contributed by atoms with van der Waals surface area (Å²) >= 11 is 0. The van der Waals surface area contributed by atoms with E-state index < -0.39 is 0 Å². The van der Waals surface area contributed by atoms with Gasteiger partial charge in [-0.3, -0.25) is 14.5 Å². The van der Waals surface area contributed by atoms with E-state index in [0.29, 0.717) is 26.1 Å².